The minimum atomic E-state index is -0.861. The molecule has 0 fully saturated rings. The van der Waals surface area contributed by atoms with Gasteiger partial charge in [-0.25, -0.2) is 4.99 Å². The number of thiophene rings is 1. The van der Waals surface area contributed by atoms with Gasteiger partial charge in [0.1, 0.15) is 5.82 Å². The van der Waals surface area contributed by atoms with Crippen LogP contribution in [0, 0.1) is 6.92 Å². The van der Waals surface area contributed by atoms with Crippen LogP contribution in [-0.4, -0.2) is 39.2 Å². The van der Waals surface area contributed by atoms with E-state index in [4.69, 9.17) is 0 Å². The highest BCUT2D eigenvalue weighted by atomic mass is 32.1. The molecule has 27 heavy (non-hydrogen) atoms. The molecule has 0 saturated heterocycles. The average molecular weight is 384 g/mol. The predicted octanol–water partition coefficient (Wildman–Crippen LogP) is 1.27. The van der Waals surface area contributed by atoms with E-state index in [1.165, 1.54) is 16.0 Å². The third-order valence-corrected chi connectivity index (χ3v) is 4.51. The average Bonchev–Trinajstić information content (AvgIpc) is 3.26. The normalized spacial score (nSPS) is 13.9. The van der Waals surface area contributed by atoms with Gasteiger partial charge in [0, 0.05) is 10.9 Å². The summed E-state index contributed by atoms with van der Waals surface area (Å²) in [6.07, 6.45) is 0. The second-order valence-corrected chi connectivity index (χ2v) is 6.72. The van der Waals surface area contributed by atoms with E-state index in [0.717, 1.165) is 4.88 Å². The Labute approximate surface area is 158 Å². The van der Waals surface area contributed by atoms with Crippen molar-refractivity contribution in [3.8, 4) is 0 Å². The Bertz CT molecular complexity index is 1000. The molecule has 10 heteroatoms. The summed E-state index contributed by atoms with van der Waals surface area (Å²) in [5.74, 6) is -2.01. The van der Waals surface area contributed by atoms with Crippen molar-refractivity contribution in [1.29, 1.82) is 0 Å². The predicted molar refractivity (Wildman–Crippen MR) is 102 cm³/mol. The van der Waals surface area contributed by atoms with Crippen LogP contribution in [0.5, 0.6) is 0 Å². The Balaban J connectivity index is 1.75. The smallest absolute Gasteiger partial charge is 0.314 e. The second-order valence-electron chi connectivity index (χ2n) is 5.69. The first-order chi connectivity index (χ1) is 12.8. The lowest BCUT2D eigenvalue weighted by atomic mass is 10.2. The highest BCUT2D eigenvalue weighted by Gasteiger charge is 2.22. The zero-order chi connectivity index (χ0) is 19.6. The molecule has 0 aliphatic carbocycles. The van der Waals surface area contributed by atoms with Crippen molar-refractivity contribution in [2.24, 2.45) is 9.98 Å². The summed E-state index contributed by atoms with van der Waals surface area (Å²) in [5, 5.41) is 11.1. The molecule has 3 rings (SSSR count). The highest BCUT2D eigenvalue weighted by molar-refractivity contribution is 7.09. The van der Waals surface area contributed by atoms with Crippen molar-refractivity contribution in [1.82, 2.24) is 15.1 Å². The van der Waals surface area contributed by atoms with Crippen molar-refractivity contribution in [2.75, 3.05) is 5.32 Å². The molecule has 2 aromatic rings. The molecule has 2 aromatic heterocycles. The molecule has 0 bridgehead atoms. The Morgan fingerprint density at radius 2 is 2.04 bits per heavy atom. The van der Waals surface area contributed by atoms with Gasteiger partial charge in [-0.3, -0.25) is 14.4 Å². The standard InChI is InChI=1S/C17H16N6O3S/c1-9-7-13(20-16(26)15(25)18-8-12-5-4-6-27-12)23(22-9)17-19-11(3)10(2)14(24)21-17/h4-7H,2,8H2,1,3H3,(H,18,25)(H,20,26). The van der Waals surface area contributed by atoms with E-state index in [9.17, 15) is 14.4 Å². The molecule has 0 aromatic carbocycles. The van der Waals surface area contributed by atoms with Gasteiger partial charge in [0.25, 0.3) is 11.9 Å². The number of aliphatic imine (C=N–C) groups is 2. The molecule has 0 atom stereocenters. The molecular weight excluding hydrogens is 368 g/mol. The van der Waals surface area contributed by atoms with Crippen molar-refractivity contribution in [2.45, 2.75) is 20.4 Å². The molecule has 138 valence electrons. The molecule has 2 N–H and O–H groups in total. The number of carbonyl (C=O) groups excluding carboxylic acids is 3. The van der Waals surface area contributed by atoms with Crippen LogP contribution in [0.3, 0.4) is 0 Å². The van der Waals surface area contributed by atoms with Gasteiger partial charge in [-0.2, -0.15) is 14.8 Å². The lowest BCUT2D eigenvalue weighted by Gasteiger charge is -2.12. The summed E-state index contributed by atoms with van der Waals surface area (Å²) in [5.41, 5.74) is 1.15. The molecule has 3 amide bonds. The Morgan fingerprint density at radius 1 is 1.26 bits per heavy atom. The van der Waals surface area contributed by atoms with Crippen molar-refractivity contribution in [3.63, 3.8) is 0 Å². The van der Waals surface area contributed by atoms with Gasteiger partial charge in [0.15, 0.2) is 0 Å². The summed E-state index contributed by atoms with van der Waals surface area (Å²) in [6.45, 7) is 7.19. The second kappa shape index (κ2) is 7.46. The quantitative estimate of drug-likeness (QED) is 0.612. The van der Waals surface area contributed by atoms with Gasteiger partial charge in [0.2, 0.25) is 0 Å². The summed E-state index contributed by atoms with van der Waals surface area (Å²) < 4.78 is 1.20. The Hall–Kier alpha value is -3.40. The van der Waals surface area contributed by atoms with Crippen LogP contribution in [0.4, 0.5) is 5.82 Å². The number of aromatic nitrogens is 2. The van der Waals surface area contributed by atoms with Crippen LogP contribution in [-0.2, 0) is 20.9 Å². The number of anilines is 1. The maximum atomic E-state index is 12.2. The number of hydrogen-bond acceptors (Lipinski definition) is 6. The monoisotopic (exact) mass is 384 g/mol. The molecule has 0 spiro atoms. The minimum Gasteiger partial charge on any atom is -0.343 e. The molecule has 0 radical (unpaired) electrons. The van der Waals surface area contributed by atoms with Crippen LogP contribution in [0.1, 0.15) is 17.5 Å². The van der Waals surface area contributed by atoms with Crippen molar-refractivity contribution in [3.05, 3.63) is 46.3 Å². The van der Waals surface area contributed by atoms with Crippen LogP contribution in [0.25, 0.3) is 0 Å². The molecule has 1 aliphatic rings. The highest BCUT2D eigenvalue weighted by Crippen LogP contribution is 2.15. The van der Waals surface area contributed by atoms with Gasteiger partial charge in [0.05, 0.1) is 23.5 Å². The van der Waals surface area contributed by atoms with Crippen LogP contribution in [0.2, 0.25) is 0 Å². The Kier molecular flexibility index (Phi) is 5.08. The van der Waals surface area contributed by atoms with Crippen LogP contribution in [0.15, 0.2) is 45.7 Å². The molecular formula is C17H16N6O3S. The summed E-state index contributed by atoms with van der Waals surface area (Å²) in [7, 11) is 0. The van der Waals surface area contributed by atoms with Gasteiger partial charge in [-0.05, 0) is 25.3 Å². The maximum absolute atomic E-state index is 12.2. The van der Waals surface area contributed by atoms with Crippen LogP contribution < -0.4 is 10.6 Å². The molecule has 0 saturated carbocycles. The van der Waals surface area contributed by atoms with Gasteiger partial charge in [-0.15, -0.1) is 11.3 Å². The zero-order valence-electron chi connectivity index (χ0n) is 14.6. The SMILES string of the molecule is C=C1C(=O)N=C(n2nc(C)cc2NC(=O)C(=O)NCc2cccs2)N=C1C. The summed E-state index contributed by atoms with van der Waals surface area (Å²) in [4.78, 5) is 45.0. The Morgan fingerprint density at radius 3 is 2.70 bits per heavy atom. The number of amides is 3. The number of nitrogens with one attached hydrogen (secondary N) is 2. The third-order valence-electron chi connectivity index (χ3n) is 3.64. The number of aryl methyl sites for hydroxylation is 1. The summed E-state index contributed by atoms with van der Waals surface area (Å²) in [6, 6.07) is 5.26. The fraction of sp³-hybridized carbons (Fsp3) is 0.176. The van der Waals surface area contributed by atoms with Gasteiger partial charge < -0.3 is 10.6 Å². The van der Waals surface area contributed by atoms with Gasteiger partial charge >= 0.3 is 11.8 Å². The van der Waals surface area contributed by atoms with Crippen LogP contribution >= 0.6 is 11.3 Å². The fourth-order valence-electron chi connectivity index (χ4n) is 2.23. The number of rotatable bonds is 3. The first-order valence-electron chi connectivity index (χ1n) is 7.91. The van der Waals surface area contributed by atoms with E-state index in [0.29, 0.717) is 11.4 Å². The van der Waals surface area contributed by atoms with Crippen molar-refractivity contribution < 1.29 is 14.4 Å². The fourth-order valence-corrected chi connectivity index (χ4v) is 2.87. The maximum Gasteiger partial charge on any atom is 0.314 e. The van der Waals surface area contributed by atoms with E-state index in [1.807, 2.05) is 17.5 Å². The van der Waals surface area contributed by atoms with Crippen molar-refractivity contribution >= 4 is 46.5 Å². The minimum absolute atomic E-state index is 0.00714. The lowest BCUT2D eigenvalue weighted by Crippen LogP contribution is -2.36. The van der Waals surface area contributed by atoms with E-state index in [2.05, 4.69) is 32.3 Å². The van der Waals surface area contributed by atoms with E-state index in [-0.39, 0.29) is 23.9 Å². The molecule has 3 heterocycles. The van der Waals surface area contributed by atoms with E-state index >= 15 is 0 Å². The topological polar surface area (TPSA) is 118 Å². The largest absolute Gasteiger partial charge is 0.343 e. The first kappa shape index (κ1) is 18.4. The van der Waals surface area contributed by atoms with E-state index < -0.39 is 17.7 Å². The third kappa shape index (κ3) is 4.06. The number of hydrogen-bond donors (Lipinski definition) is 2. The lowest BCUT2D eigenvalue weighted by molar-refractivity contribution is -0.136. The van der Waals surface area contributed by atoms with Gasteiger partial charge in [-0.1, -0.05) is 12.6 Å². The molecule has 1 aliphatic heterocycles. The summed E-state index contributed by atoms with van der Waals surface area (Å²) >= 11 is 1.48. The molecule has 0 unspecified atom stereocenters. The zero-order valence-corrected chi connectivity index (χ0v) is 15.5. The number of nitrogens with zero attached hydrogens (tertiary/aromatic N) is 4. The molecule has 9 nitrogen and oxygen atoms in total. The number of carbonyl (C=O) groups is 3. The first-order valence-corrected chi connectivity index (χ1v) is 8.79. The van der Waals surface area contributed by atoms with E-state index in [1.54, 1.807) is 19.9 Å².